The number of carbonyl (C=O) groups excluding carboxylic acids is 6. The first kappa shape index (κ1) is 77.5. The van der Waals surface area contributed by atoms with E-state index < -0.39 is 5.97 Å². The molecule has 11 aromatic carbocycles. The molecule has 0 aliphatic rings. The van der Waals surface area contributed by atoms with E-state index >= 15 is 0 Å². The van der Waals surface area contributed by atoms with Crippen molar-refractivity contribution in [2.24, 2.45) is 0 Å². The van der Waals surface area contributed by atoms with E-state index in [0.29, 0.717) is 56.3 Å². The number of carbonyl (C=O) groups is 6. The van der Waals surface area contributed by atoms with E-state index in [2.05, 4.69) is 83.8 Å². The van der Waals surface area contributed by atoms with Crippen molar-refractivity contribution in [2.75, 3.05) is 7.11 Å². The summed E-state index contributed by atoms with van der Waals surface area (Å²) >= 11 is 3.37. The van der Waals surface area contributed by atoms with Crippen molar-refractivity contribution in [1.29, 1.82) is 5.26 Å². The Balaban J connectivity index is 0.000000155. The van der Waals surface area contributed by atoms with Gasteiger partial charge in [-0.3, -0.25) is 24.0 Å². The molecule has 0 aliphatic carbocycles. The minimum atomic E-state index is -0.413. The summed E-state index contributed by atoms with van der Waals surface area (Å²) in [5.74, 6) is 1.23. The number of esters is 1. The Kier molecular flexibility index (Phi) is 30.6. The molecule has 0 spiro atoms. The van der Waals surface area contributed by atoms with Crippen molar-refractivity contribution < 1.29 is 52.9 Å². The van der Waals surface area contributed by atoms with Crippen LogP contribution in [0.5, 0.6) is 11.5 Å². The number of fused-ring (bicyclic) bond motifs is 2. The van der Waals surface area contributed by atoms with E-state index in [-0.39, 0.29) is 13.2 Å². The van der Waals surface area contributed by atoms with E-state index in [4.69, 9.17) is 29.4 Å². The number of aryl methyl sites for hydroxylation is 1. The van der Waals surface area contributed by atoms with Gasteiger partial charge in [0.25, 0.3) is 0 Å². The number of nitriles is 1. The molecule has 14 rings (SSSR count). The fraction of sp³-hybridized carbons (Fsp3) is 0.0449. The highest BCUT2D eigenvalue weighted by Crippen LogP contribution is 2.31. The molecule has 105 heavy (non-hydrogen) atoms. The lowest BCUT2D eigenvalue weighted by molar-refractivity contribution is 0.0734. The molecule has 16 heteroatoms. The van der Waals surface area contributed by atoms with E-state index in [0.717, 1.165) is 92.0 Å². The average Bonchev–Trinajstić information content (AvgIpc) is 1.82. The number of nitrogens with zero attached hydrogens (tertiary/aromatic N) is 3. The van der Waals surface area contributed by atoms with Gasteiger partial charge in [-0.25, -0.2) is 14.8 Å². The average molecular weight is 1420 g/mol. The summed E-state index contributed by atoms with van der Waals surface area (Å²) in [4.78, 5) is 74.4. The fourth-order valence-electron chi connectivity index (χ4n) is 9.76. The number of aldehydes is 5. The molecular weight excluding hydrogens is 1350 g/mol. The van der Waals surface area contributed by atoms with Crippen LogP contribution < -0.4 is 9.47 Å². The number of aliphatic hydroxyl groups is 2. The van der Waals surface area contributed by atoms with Crippen LogP contribution in [0, 0.1) is 18.3 Å². The Morgan fingerprint density at radius 3 is 1.53 bits per heavy atom. The molecule has 0 amide bonds. The number of aliphatic hydroxyl groups excluding tert-OH is 2. The molecular formula is C89H71N3O11S2. The Morgan fingerprint density at radius 2 is 1.02 bits per heavy atom. The van der Waals surface area contributed by atoms with Crippen LogP contribution in [0.3, 0.4) is 0 Å². The first-order valence-corrected chi connectivity index (χ1v) is 34.2. The zero-order valence-electron chi connectivity index (χ0n) is 57.3. The zero-order chi connectivity index (χ0) is 74.6. The molecule has 2 N–H and O–H groups in total. The van der Waals surface area contributed by atoms with Gasteiger partial charge >= 0.3 is 5.97 Å². The van der Waals surface area contributed by atoms with Crippen LogP contribution in [0.2, 0.25) is 0 Å². The lowest BCUT2D eigenvalue weighted by atomic mass is 10.0. The normalized spacial score (nSPS) is 10.1. The Labute approximate surface area is 616 Å². The Morgan fingerprint density at radius 1 is 0.514 bits per heavy atom. The van der Waals surface area contributed by atoms with Gasteiger partial charge in [0.05, 0.1) is 47.7 Å². The van der Waals surface area contributed by atoms with Gasteiger partial charge in [0.1, 0.15) is 53.5 Å². The SMILES string of the molecule is C=C/C(C#N)=C/c1ccc(CO)cc1.C=Cc1ccc(-c2ccccc2)cc1.COc1c(C)cc(C=O)cc1CO.O=Cc1ccc(-c2cccs2)cc1.O=Cc1ccc(-c2nc3ccccc3o2)cc1.O=Cc1ccc(-c2nc3ccccc3s2)cc1.O=Cc1ccc(OC(=O)c2ccccc2)cc1. The summed E-state index contributed by atoms with van der Waals surface area (Å²) in [5.41, 5.74) is 16.8. The van der Waals surface area contributed by atoms with E-state index in [9.17, 15) is 28.8 Å². The van der Waals surface area contributed by atoms with Gasteiger partial charge in [-0.15, -0.1) is 22.7 Å². The molecule has 3 heterocycles. The Bertz CT molecular complexity index is 5000. The quantitative estimate of drug-likeness (QED) is 0.0284. The number of methoxy groups -OCH3 is 1. The summed E-state index contributed by atoms with van der Waals surface area (Å²) in [6.45, 7) is 9.02. The first-order chi connectivity index (χ1) is 51.3. The number of ether oxygens (including phenoxy) is 2. The van der Waals surface area contributed by atoms with Crippen LogP contribution in [-0.2, 0) is 13.2 Å². The third-order valence-electron chi connectivity index (χ3n) is 15.2. The fourth-order valence-corrected chi connectivity index (χ4v) is 11.5. The van der Waals surface area contributed by atoms with Crippen molar-refractivity contribution in [3.8, 4) is 61.2 Å². The lowest BCUT2D eigenvalue weighted by Gasteiger charge is -2.09. The molecule has 0 unspecified atom stereocenters. The summed E-state index contributed by atoms with van der Waals surface area (Å²) in [6, 6.07) is 88.6. The van der Waals surface area contributed by atoms with Gasteiger partial charge in [-0.2, -0.15) is 5.26 Å². The molecule has 0 saturated carbocycles. The number of thiazole rings is 1. The molecule has 0 radical (unpaired) electrons. The van der Waals surface area contributed by atoms with Gasteiger partial charge in [0.15, 0.2) is 5.58 Å². The number of allylic oxidation sites excluding steroid dienone is 2. The van der Waals surface area contributed by atoms with Gasteiger partial charge < -0.3 is 24.1 Å². The predicted octanol–water partition coefficient (Wildman–Crippen LogP) is 20.6. The van der Waals surface area contributed by atoms with Crippen molar-refractivity contribution in [3.63, 3.8) is 0 Å². The second-order valence-electron chi connectivity index (χ2n) is 22.4. The second kappa shape index (κ2) is 41.5. The number of hydrogen-bond donors (Lipinski definition) is 2. The van der Waals surface area contributed by atoms with Gasteiger partial charge in [-0.1, -0.05) is 213 Å². The molecule has 0 atom stereocenters. The zero-order valence-corrected chi connectivity index (χ0v) is 58.9. The molecule has 0 fully saturated rings. The highest BCUT2D eigenvalue weighted by Gasteiger charge is 2.11. The van der Waals surface area contributed by atoms with Crippen LogP contribution in [-0.4, -0.2) is 64.7 Å². The van der Waals surface area contributed by atoms with Crippen LogP contribution in [0.1, 0.15) is 90.0 Å². The summed E-state index contributed by atoms with van der Waals surface area (Å²) in [6.07, 6.45) is 9.13. The van der Waals surface area contributed by atoms with Crippen LogP contribution in [0.25, 0.3) is 77.1 Å². The van der Waals surface area contributed by atoms with Crippen molar-refractivity contribution >= 4 is 93.5 Å². The second-order valence-corrected chi connectivity index (χ2v) is 24.4. The highest BCUT2D eigenvalue weighted by molar-refractivity contribution is 7.21. The Hall–Kier alpha value is -13.3. The summed E-state index contributed by atoms with van der Waals surface area (Å²) in [5, 5.41) is 29.5. The maximum atomic E-state index is 11.7. The predicted molar refractivity (Wildman–Crippen MR) is 421 cm³/mol. The first-order valence-electron chi connectivity index (χ1n) is 32.5. The topological polar surface area (TPSA) is 224 Å². The third-order valence-corrected chi connectivity index (χ3v) is 17.2. The standard InChI is InChI=1S/C14H9NO2.C14H9NOS.C14H10O3.C14H12.C12H11NO.C11H8OS.C10H12O3/c2*16-9-10-5-7-11(8-6-10)14-15-12-3-1-2-4-13(12)17-14;15-10-11-6-8-13(9-7-11)17-14(16)12-4-2-1-3-5-12;1-2-12-8-10-14(11-9-12)13-6-4-3-5-7-13;1-2-10(8-13)7-11-3-5-12(9-14)6-4-11;12-8-9-3-5-10(6-4-9)11-2-1-7-13-11;1-7-3-8(5-11)4-9(6-12)10(7)13-2/h2*1-9H;1-10H;2-11H,1H2;2-7,14H,1,9H2;1-8H;3-5,12H,6H2,1-2H3/b;;;;10-7-;;. The number of hydrogen-bond acceptors (Lipinski definition) is 16. The number of thiophene rings is 1. The molecule has 0 saturated heterocycles. The van der Waals surface area contributed by atoms with Gasteiger partial charge in [0, 0.05) is 49.4 Å². The largest absolute Gasteiger partial charge is 0.496 e. The molecule has 14 nitrogen and oxygen atoms in total. The molecule has 0 aliphatic heterocycles. The highest BCUT2D eigenvalue weighted by atomic mass is 32.1. The number of para-hydroxylation sites is 3. The number of oxazole rings is 1. The van der Waals surface area contributed by atoms with Crippen LogP contribution in [0.15, 0.2) is 314 Å². The van der Waals surface area contributed by atoms with Crippen molar-refractivity contribution in [2.45, 2.75) is 20.1 Å². The lowest BCUT2D eigenvalue weighted by Crippen LogP contribution is -2.07. The van der Waals surface area contributed by atoms with Crippen molar-refractivity contribution in [3.05, 3.63) is 370 Å². The van der Waals surface area contributed by atoms with E-state index in [1.165, 1.54) is 32.3 Å². The summed E-state index contributed by atoms with van der Waals surface area (Å²) < 4.78 is 17.0. The number of aromatic nitrogens is 2. The van der Waals surface area contributed by atoms with Crippen LogP contribution >= 0.6 is 22.7 Å². The smallest absolute Gasteiger partial charge is 0.343 e. The van der Waals surface area contributed by atoms with Crippen molar-refractivity contribution in [1.82, 2.24) is 9.97 Å². The molecule has 520 valence electrons. The molecule has 14 aromatic rings. The number of benzene rings is 11. The number of rotatable bonds is 17. The van der Waals surface area contributed by atoms with Gasteiger partial charge in [-0.05, 0) is 148 Å². The minimum absolute atomic E-state index is 0.0383. The van der Waals surface area contributed by atoms with E-state index in [1.54, 1.807) is 109 Å². The van der Waals surface area contributed by atoms with E-state index in [1.807, 2.05) is 170 Å². The molecule has 0 bridgehead atoms. The monoisotopic (exact) mass is 1420 g/mol. The third kappa shape index (κ3) is 23.7. The maximum Gasteiger partial charge on any atom is 0.343 e. The van der Waals surface area contributed by atoms with Gasteiger partial charge in [0.2, 0.25) is 5.89 Å². The minimum Gasteiger partial charge on any atom is -0.496 e. The maximum absolute atomic E-state index is 11.7. The van der Waals surface area contributed by atoms with Crippen LogP contribution in [0.4, 0.5) is 0 Å². The molecule has 3 aromatic heterocycles. The summed E-state index contributed by atoms with van der Waals surface area (Å²) in [7, 11) is 1.54.